The number of aliphatic hydroxyl groups is 13. The fraction of sp³-hybridized carbons (Fsp3) is 1.00. The minimum atomic E-state index is -2.01. The molecule has 330 valence electrons. The van der Waals surface area contributed by atoms with Crippen LogP contribution in [0.5, 0.6) is 0 Å². The number of ether oxygens (including phenoxy) is 8. The molecule has 4 saturated heterocycles. The highest BCUT2D eigenvalue weighted by Gasteiger charge is 2.55. The second-order valence-electron chi connectivity index (χ2n) is 15.1. The summed E-state index contributed by atoms with van der Waals surface area (Å²) in [7, 11) is 0. The molecule has 1 aliphatic carbocycles. The molecule has 5 aliphatic rings. The summed E-state index contributed by atoms with van der Waals surface area (Å²) in [4.78, 5) is 2.83. The summed E-state index contributed by atoms with van der Waals surface area (Å²) in [5.74, 6) is -2.22. The van der Waals surface area contributed by atoms with E-state index in [2.05, 4.69) is 10.0 Å². The predicted molar refractivity (Wildman–Crippen MR) is 182 cm³/mol. The molecule has 0 bridgehead atoms. The van der Waals surface area contributed by atoms with Crippen LogP contribution >= 0.6 is 0 Å². The highest BCUT2D eigenvalue weighted by atomic mass is 16.8. The minimum Gasteiger partial charge on any atom is -0.396 e. The minimum absolute atomic E-state index is 0.242. The van der Waals surface area contributed by atoms with Gasteiger partial charge in [-0.15, -0.1) is 0 Å². The SMILES string of the molecule is [N-]=[N+]=NC1CCC(O[C@@H]2OC(CO)[C@@H](O)C(O[C@H]3OC(CCO)[C@@H](O)C(O)C3O[C@H]3OCC(CO)[C@@H](O)C(O)C3O[C@H]3OCC(CO)[C@@H](O)C(O)C3O)C2O)CC1. The van der Waals surface area contributed by atoms with Gasteiger partial charge in [-0.2, -0.15) is 0 Å². The Bertz CT molecular complexity index is 1270. The van der Waals surface area contributed by atoms with E-state index in [0.717, 1.165) is 0 Å². The highest BCUT2D eigenvalue weighted by molar-refractivity contribution is 4.97. The van der Waals surface area contributed by atoms with Gasteiger partial charge in [0.2, 0.25) is 0 Å². The number of rotatable bonds is 14. The average Bonchev–Trinajstić information content (AvgIpc) is 3.38. The molecule has 13 N–H and O–H groups in total. The van der Waals surface area contributed by atoms with Crippen molar-refractivity contribution in [1.29, 1.82) is 0 Å². The summed E-state index contributed by atoms with van der Waals surface area (Å²) >= 11 is 0. The van der Waals surface area contributed by atoms with Crippen LogP contribution in [0, 0.1) is 11.8 Å². The zero-order chi connectivity index (χ0) is 41.6. The van der Waals surface area contributed by atoms with Crippen LogP contribution < -0.4 is 0 Å². The van der Waals surface area contributed by atoms with Crippen molar-refractivity contribution in [3.63, 3.8) is 0 Å². The topological polar surface area (TPSA) is 386 Å². The molecule has 5 fully saturated rings. The Morgan fingerprint density at radius 2 is 1.05 bits per heavy atom. The first kappa shape index (κ1) is 46.5. The van der Waals surface area contributed by atoms with Crippen LogP contribution in [-0.2, 0) is 37.9 Å². The molecular formula is C33H57N3O21. The van der Waals surface area contributed by atoms with Gasteiger partial charge in [0.25, 0.3) is 0 Å². The molecule has 0 spiro atoms. The van der Waals surface area contributed by atoms with Crippen LogP contribution in [0.2, 0.25) is 0 Å². The van der Waals surface area contributed by atoms with E-state index in [1.54, 1.807) is 0 Å². The molecule has 12 unspecified atom stereocenters. The summed E-state index contributed by atoms with van der Waals surface area (Å²) in [5.41, 5.74) is 8.77. The molecule has 5 rings (SSSR count). The molecule has 4 aliphatic heterocycles. The third kappa shape index (κ3) is 10.7. The Balaban J connectivity index is 1.41. The fourth-order valence-corrected chi connectivity index (χ4v) is 7.68. The monoisotopic (exact) mass is 831 g/mol. The lowest BCUT2D eigenvalue weighted by Gasteiger charge is -2.48. The zero-order valence-corrected chi connectivity index (χ0v) is 30.9. The maximum Gasteiger partial charge on any atom is 0.187 e. The maximum atomic E-state index is 11.5. The quantitative estimate of drug-likeness (QED) is 0.0440. The van der Waals surface area contributed by atoms with E-state index in [4.69, 9.17) is 43.4 Å². The van der Waals surface area contributed by atoms with E-state index < -0.39 is 168 Å². The molecule has 20 atom stereocenters. The molecule has 0 aromatic heterocycles. The number of hydrogen-bond donors (Lipinski definition) is 13. The van der Waals surface area contributed by atoms with Gasteiger partial charge in [0.1, 0.15) is 67.1 Å². The van der Waals surface area contributed by atoms with Crippen LogP contribution in [-0.4, -0.2) is 229 Å². The second-order valence-corrected chi connectivity index (χ2v) is 15.1. The molecule has 0 amide bonds. The third-order valence-corrected chi connectivity index (χ3v) is 11.3. The van der Waals surface area contributed by atoms with Gasteiger partial charge in [-0.25, -0.2) is 0 Å². The summed E-state index contributed by atoms with van der Waals surface area (Å²) < 4.78 is 46.9. The van der Waals surface area contributed by atoms with Crippen LogP contribution in [0.4, 0.5) is 0 Å². The summed E-state index contributed by atoms with van der Waals surface area (Å²) in [6.45, 7) is -3.63. The molecule has 1 saturated carbocycles. The number of hydrogen-bond acceptors (Lipinski definition) is 22. The predicted octanol–water partition coefficient (Wildman–Crippen LogP) is -6.22. The van der Waals surface area contributed by atoms with Gasteiger partial charge >= 0.3 is 0 Å². The van der Waals surface area contributed by atoms with Crippen molar-refractivity contribution < 1.29 is 104 Å². The number of nitrogens with zero attached hydrogens (tertiary/aromatic N) is 3. The van der Waals surface area contributed by atoms with Crippen molar-refractivity contribution in [3.8, 4) is 0 Å². The Morgan fingerprint density at radius 1 is 0.509 bits per heavy atom. The molecule has 57 heavy (non-hydrogen) atoms. The van der Waals surface area contributed by atoms with Crippen molar-refractivity contribution in [2.24, 2.45) is 17.0 Å². The molecule has 0 aromatic rings. The normalized spacial score (nSPS) is 48.7. The van der Waals surface area contributed by atoms with Crippen molar-refractivity contribution in [1.82, 2.24) is 0 Å². The largest absolute Gasteiger partial charge is 0.396 e. The van der Waals surface area contributed by atoms with Crippen molar-refractivity contribution in [3.05, 3.63) is 10.4 Å². The van der Waals surface area contributed by atoms with Crippen LogP contribution in [0.25, 0.3) is 10.4 Å². The lowest BCUT2D eigenvalue weighted by atomic mass is 9.93. The van der Waals surface area contributed by atoms with Crippen molar-refractivity contribution >= 4 is 0 Å². The summed E-state index contributed by atoms with van der Waals surface area (Å²) in [6.07, 6.45) is -30.9. The van der Waals surface area contributed by atoms with E-state index in [1.807, 2.05) is 0 Å². The van der Waals surface area contributed by atoms with Crippen LogP contribution in [0.15, 0.2) is 5.11 Å². The molecule has 24 heteroatoms. The van der Waals surface area contributed by atoms with Gasteiger partial charge in [0, 0.05) is 29.4 Å². The average molecular weight is 832 g/mol. The molecule has 0 aromatic carbocycles. The first-order valence-electron chi connectivity index (χ1n) is 19.0. The fourth-order valence-electron chi connectivity index (χ4n) is 7.68. The van der Waals surface area contributed by atoms with Gasteiger partial charge in [-0.3, -0.25) is 0 Å². The van der Waals surface area contributed by atoms with E-state index in [9.17, 15) is 66.4 Å². The number of azide groups is 1. The lowest BCUT2D eigenvalue weighted by molar-refractivity contribution is -0.384. The van der Waals surface area contributed by atoms with Gasteiger partial charge < -0.3 is 104 Å². The van der Waals surface area contributed by atoms with Crippen molar-refractivity contribution in [2.45, 2.75) is 155 Å². The molecular weight excluding hydrogens is 774 g/mol. The third-order valence-electron chi connectivity index (χ3n) is 11.3. The van der Waals surface area contributed by atoms with Gasteiger partial charge in [-0.1, -0.05) is 5.11 Å². The van der Waals surface area contributed by atoms with E-state index in [-0.39, 0.29) is 12.5 Å². The highest BCUT2D eigenvalue weighted by Crippen LogP contribution is 2.36. The Morgan fingerprint density at radius 3 is 1.65 bits per heavy atom. The lowest BCUT2D eigenvalue weighted by Crippen LogP contribution is -2.66. The van der Waals surface area contributed by atoms with E-state index in [1.165, 1.54) is 0 Å². The Kier molecular flexibility index (Phi) is 17.4. The summed E-state index contributed by atoms with van der Waals surface area (Å²) in [5, 5.41) is 142. The smallest absolute Gasteiger partial charge is 0.187 e. The second kappa shape index (κ2) is 21.3. The molecule has 0 radical (unpaired) electrons. The molecule has 24 nitrogen and oxygen atoms in total. The van der Waals surface area contributed by atoms with E-state index >= 15 is 0 Å². The molecule has 4 heterocycles. The zero-order valence-electron chi connectivity index (χ0n) is 30.9. The van der Waals surface area contributed by atoms with Gasteiger partial charge in [0.15, 0.2) is 25.2 Å². The standard InChI is InChI=1S/C33H57N3O21/c34-36-35-14-1-3-15(4-2-14)52-31-26(49)27(21(44)17(9-40)54-31)55-33-29(24(47)20(43)16(53-33)5-6-37)57-32-28(23(46)19(42)13(8-39)11-51-32)56-30-25(48)22(45)18(41)12(7-38)10-50-30/h12-33,37-49H,1-11H2/t12?,13?,14?,15?,16?,17?,18-,19-,20-,21-,22?,23?,24?,25?,26?,27?,28?,29?,30-,31-,32-,33-/m1/s1. The Hall–Kier alpha value is -1.53. The first-order chi connectivity index (χ1) is 27.3. The first-order valence-corrected chi connectivity index (χ1v) is 19.0. The van der Waals surface area contributed by atoms with Crippen LogP contribution in [0.1, 0.15) is 32.1 Å². The van der Waals surface area contributed by atoms with Crippen LogP contribution in [0.3, 0.4) is 0 Å². The maximum absolute atomic E-state index is 11.5. The van der Waals surface area contributed by atoms with Gasteiger partial charge in [-0.05, 0) is 37.6 Å². The number of aliphatic hydroxyl groups excluding tert-OH is 13. The van der Waals surface area contributed by atoms with Crippen molar-refractivity contribution in [2.75, 3.05) is 39.6 Å². The Labute approximate surface area is 326 Å². The van der Waals surface area contributed by atoms with Gasteiger partial charge in [0.05, 0.1) is 57.5 Å². The van der Waals surface area contributed by atoms with E-state index in [0.29, 0.717) is 25.7 Å². The summed E-state index contributed by atoms with van der Waals surface area (Å²) in [6, 6.07) is -0.242.